The predicted octanol–water partition coefficient (Wildman–Crippen LogP) is 3.31. The Morgan fingerprint density at radius 3 is 2.66 bits per heavy atom. The summed E-state index contributed by atoms with van der Waals surface area (Å²) in [5, 5.41) is 2.57. The monoisotopic (exact) mass is 452 g/mol. The highest BCUT2D eigenvalue weighted by Gasteiger charge is 2.39. The maximum atomic E-state index is 13.4. The third-order valence-electron chi connectivity index (χ3n) is 5.87. The van der Waals surface area contributed by atoms with Gasteiger partial charge in [0.05, 0.1) is 10.7 Å². The van der Waals surface area contributed by atoms with Crippen molar-refractivity contribution in [2.24, 2.45) is 7.05 Å². The van der Waals surface area contributed by atoms with Crippen molar-refractivity contribution in [3.05, 3.63) is 64.6 Å². The molecule has 2 aliphatic heterocycles. The lowest BCUT2D eigenvalue weighted by Gasteiger charge is -2.29. The number of nitrogens with one attached hydrogen (secondary N) is 1. The highest BCUT2D eigenvalue weighted by Crippen LogP contribution is 2.33. The molecule has 0 spiro atoms. The first-order chi connectivity index (χ1) is 15.3. The second kappa shape index (κ2) is 7.56. The summed E-state index contributed by atoms with van der Waals surface area (Å²) in [6.45, 7) is 0.289. The number of imidazole rings is 1. The van der Waals surface area contributed by atoms with Crippen molar-refractivity contribution in [2.45, 2.75) is 25.4 Å². The van der Waals surface area contributed by atoms with Gasteiger partial charge in [-0.3, -0.25) is 19.7 Å². The van der Waals surface area contributed by atoms with E-state index in [4.69, 9.17) is 11.6 Å². The zero-order valence-electron chi connectivity index (χ0n) is 17.1. The lowest BCUT2D eigenvalue weighted by atomic mass is 10.0. The largest absolute Gasteiger partial charge is 0.333 e. The number of imide groups is 1. The third kappa shape index (κ3) is 3.36. The first-order valence-corrected chi connectivity index (χ1v) is 10.5. The average Bonchev–Trinajstić information content (AvgIpc) is 3.28. The van der Waals surface area contributed by atoms with E-state index in [0.717, 1.165) is 11.1 Å². The zero-order chi connectivity index (χ0) is 22.6. The molecule has 2 aromatic carbocycles. The summed E-state index contributed by atoms with van der Waals surface area (Å²) in [6.07, 6.45) is 2.37. The Balaban J connectivity index is 1.45. The lowest BCUT2D eigenvalue weighted by Crippen LogP contribution is -2.52. The summed E-state index contributed by atoms with van der Waals surface area (Å²) in [5.41, 5.74) is 3.43. The number of nitrogens with zero attached hydrogens (tertiary/aromatic N) is 3. The van der Waals surface area contributed by atoms with Gasteiger partial charge in [-0.05, 0) is 42.3 Å². The molecule has 7 nitrogen and oxygen atoms in total. The average molecular weight is 453 g/mol. The Labute approximate surface area is 187 Å². The standard InChI is InChI=1S/C23H18ClFN4O3/c1-28-11-18(26-21(28)16-5-3-14(25)9-17(16)24)12-2-4-15-13(8-12)10-29(23(15)32)19-6-7-20(30)27-22(19)31/h2-5,8-9,11,19H,6-7,10H2,1H3,(H,27,30,31). The molecule has 0 bridgehead atoms. The molecule has 1 atom stereocenters. The van der Waals surface area contributed by atoms with E-state index in [1.807, 2.05) is 29.9 Å². The molecule has 3 aromatic rings. The van der Waals surface area contributed by atoms with Gasteiger partial charge in [-0.25, -0.2) is 9.37 Å². The van der Waals surface area contributed by atoms with Crippen molar-refractivity contribution in [1.82, 2.24) is 19.8 Å². The van der Waals surface area contributed by atoms with Gasteiger partial charge < -0.3 is 9.47 Å². The molecule has 0 radical (unpaired) electrons. The summed E-state index contributed by atoms with van der Waals surface area (Å²) in [7, 11) is 1.83. The van der Waals surface area contributed by atoms with Gasteiger partial charge in [-0.1, -0.05) is 17.7 Å². The SMILES string of the molecule is Cn1cc(-c2ccc3c(c2)CN(C2CCC(=O)NC2=O)C3=O)nc1-c1ccc(F)cc1Cl. The normalized spacial score (nSPS) is 18.2. The second-order valence-electron chi connectivity index (χ2n) is 7.96. The van der Waals surface area contributed by atoms with Crippen LogP contribution < -0.4 is 5.32 Å². The number of halogens is 2. The van der Waals surface area contributed by atoms with Crippen molar-refractivity contribution in [3.8, 4) is 22.6 Å². The van der Waals surface area contributed by atoms with Crippen LogP contribution in [-0.4, -0.2) is 38.2 Å². The Morgan fingerprint density at radius 2 is 1.91 bits per heavy atom. The van der Waals surface area contributed by atoms with E-state index < -0.39 is 17.8 Å². The van der Waals surface area contributed by atoms with Crippen molar-refractivity contribution in [1.29, 1.82) is 0 Å². The second-order valence-corrected chi connectivity index (χ2v) is 8.36. The molecule has 0 aliphatic carbocycles. The van der Waals surface area contributed by atoms with E-state index in [1.54, 1.807) is 12.1 Å². The molecule has 9 heteroatoms. The number of carbonyl (C=O) groups excluding carboxylic acids is 3. The molecular weight excluding hydrogens is 435 g/mol. The first kappa shape index (κ1) is 20.4. The molecule has 1 fully saturated rings. The molecule has 1 unspecified atom stereocenters. The topological polar surface area (TPSA) is 84.3 Å². The number of piperidine rings is 1. The number of hydrogen-bond acceptors (Lipinski definition) is 4. The minimum Gasteiger partial charge on any atom is -0.333 e. The fraction of sp³-hybridized carbons (Fsp3) is 0.217. The molecule has 3 amide bonds. The number of aryl methyl sites for hydroxylation is 1. The van der Waals surface area contributed by atoms with Gasteiger partial charge in [0.15, 0.2) is 0 Å². The molecule has 5 rings (SSSR count). The first-order valence-electron chi connectivity index (χ1n) is 10.1. The Kier molecular flexibility index (Phi) is 4.82. The summed E-state index contributed by atoms with van der Waals surface area (Å²) < 4.78 is 15.2. The van der Waals surface area contributed by atoms with Crippen LogP contribution in [0.5, 0.6) is 0 Å². The van der Waals surface area contributed by atoms with Crippen LogP contribution in [0.2, 0.25) is 5.02 Å². The molecular formula is C23H18ClFN4O3. The van der Waals surface area contributed by atoms with E-state index in [-0.39, 0.29) is 29.8 Å². The molecule has 162 valence electrons. The fourth-order valence-electron chi connectivity index (χ4n) is 4.26. The highest BCUT2D eigenvalue weighted by atomic mass is 35.5. The minimum atomic E-state index is -0.655. The van der Waals surface area contributed by atoms with E-state index in [0.29, 0.717) is 29.1 Å². The summed E-state index contributed by atoms with van der Waals surface area (Å²) in [4.78, 5) is 42.7. The number of aromatic nitrogens is 2. The minimum absolute atomic E-state index is 0.213. The van der Waals surface area contributed by atoms with Crippen molar-refractivity contribution in [2.75, 3.05) is 0 Å². The quantitative estimate of drug-likeness (QED) is 0.618. The number of fused-ring (bicyclic) bond motifs is 1. The zero-order valence-corrected chi connectivity index (χ0v) is 17.8. The van der Waals surface area contributed by atoms with Gasteiger partial charge in [0.25, 0.3) is 5.91 Å². The van der Waals surface area contributed by atoms with Crippen LogP contribution in [0.25, 0.3) is 22.6 Å². The smallest absolute Gasteiger partial charge is 0.255 e. The number of rotatable bonds is 3. The van der Waals surface area contributed by atoms with E-state index in [2.05, 4.69) is 10.3 Å². The van der Waals surface area contributed by atoms with Gasteiger partial charge in [-0.2, -0.15) is 0 Å². The van der Waals surface area contributed by atoms with Crippen molar-refractivity contribution in [3.63, 3.8) is 0 Å². The molecule has 1 N–H and O–H groups in total. The Bertz CT molecular complexity index is 1300. The lowest BCUT2D eigenvalue weighted by molar-refractivity contribution is -0.136. The summed E-state index contributed by atoms with van der Waals surface area (Å²) in [6, 6.07) is 8.94. The predicted molar refractivity (Wildman–Crippen MR) is 115 cm³/mol. The summed E-state index contributed by atoms with van der Waals surface area (Å²) >= 11 is 6.20. The third-order valence-corrected chi connectivity index (χ3v) is 6.18. The van der Waals surface area contributed by atoms with Crippen LogP contribution in [0.1, 0.15) is 28.8 Å². The molecule has 32 heavy (non-hydrogen) atoms. The molecule has 3 heterocycles. The maximum absolute atomic E-state index is 13.4. The van der Waals surface area contributed by atoms with E-state index >= 15 is 0 Å². The Hall–Kier alpha value is -3.52. The fourth-order valence-corrected chi connectivity index (χ4v) is 4.51. The highest BCUT2D eigenvalue weighted by molar-refractivity contribution is 6.33. The van der Waals surface area contributed by atoms with Crippen LogP contribution in [0.15, 0.2) is 42.6 Å². The maximum Gasteiger partial charge on any atom is 0.255 e. The number of amides is 3. The van der Waals surface area contributed by atoms with Crippen LogP contribution >= 0.6 is 11.6 Å². The number of benzene rings is 2. The number of carbonyl (C=O) groups is 3. The van der Waals surface area contributed by atoms with Crippen molar-refractivity contribution >= 4 is 29.3 Å². The van der Waals surface area contributed by atoms with Crippen LogP contribution in [0.3, 0.4) is 0 Å². The molecule has 1 saturated heterocycles. The molecule has 1 aromatic heterocycles. The summed E-state index contributed by atoms with van der Waals surface area (Å²) in [5.74, 6) is -0.803. The van der Waals surface area contributed by atoms with Gasteiger partial charge >= 0.3 is 0 Å². The van der Waals surface area contributed by atoms with Gasteiger partial charge in [0.1, 0.15) is 17.7 Å². The molecule has 0 saturated carbocycles. The van der Waals surface area contributed by atoms with E-state index in [9.17, 15) is 18.8 Å². The van der Waals surface area contributed by atoms with Gasteiger partial charge in [-0.15, -0.1) is 0 Å². The van der Waals surface area contributed by atoms with Crippen LogP contribution in [0.4, 0.5) is 4.39 Å². The molecule has 2 aliphatic rings. The van der Waals surface area contributed by atoms with Gasteiger partial charge in [0.2, 0.25) is 11.8 Å². The Morgan fingerprint density at radius 1 is 1.12 bits per heavy atom. The van der Waals surface area contributed by atoms with Crippen LogP contribution in [-0.2, 0) is 23.2 Å². The van der Waals surface area contributed by atoms with E-state index in [1.165, 1.54) is 17.0 Å². The van der Waals surface area contributed by atoms with Crippen molar-refractivity contribution < 1.29 is 18.8 Å². The number of hydrogen-bond donors (Lipinski definition) is 1. The van der Waals surface area contributed by atoms with Gasteiger partial charge in [0, 0.05) is 42.9 Å². The van der Waals surface area contributed by atoms with Crippen LogP contribution in [0, 0.1) is 5.82 Å².